The third-order valence-electron chi connectivity index (χ3n) is 4.78. The quantitative estimate of drug-likeness (QED) is 0.853. The van der Waals surface area contributed by atoms with Crippen molar-refractivity contribution in [3.63, 3.8) is 0 Å². The molecule has 5 nitrogen and oxygen atoms in total. The summed E-state index contributed by atoms with van der Waals surface area (Å²) in [7, 11) is 0. The smallest absolute Gasteiger partial charge is 0.242 e. The van der Waals surface area contributed by atoms with E-state index in [1.807, 2.05) is 19.9 Å². The van der Waals surface area contributed by atoms with E-state index in [1.54, 1.807) is 12.1 Å². The van der Waals surface area contributed by atoms with Crippen LogP contribution in [0.4, 0.5) is 4.39 Å². The third-order valence-corrected chi connectivity index (χ3v) is 4.78. The first-order chi connectivity index (χ1) is 12.5. The summed E-state index contributed by atoms with van der Waals surface area (Å²) in [5, 5.41) is 6.98. The molecule has 0 spiro atoms. The molecule has 1 aliphatic rings. The van der Waals surface area contributed by atoms with E-state index in [0.717, 1.165) is 37.3 Å². The molecule has 0 unspecified atom stereocenters. The van der Waals surface area contributed by atoms with Crippen LogP contribution in [0.2, 0.25) is 0 Å². The number of amides is 1. The Balaban J connectivity index is 1.72. The normalized spacial score (nSPS) is 16.6. The molecule has 0 bridgehead atoms. The molecular weight excluding hydrogens is 333 g/mol. The first kappa shape index (κ1) is 18.6. The van der Waals surface area contributed by atoms with Crippen molar-refractivity contribution in [3.05, 3.63) is 53.2 Å². The number of halogens is 1. The molecule has 3 rings (SSSR count). The zero-order valence-electron chi connectivity index (χ0n) is 15.4. The van der Waals surface area contributed by atoms with Crippen LogP contribution in [0.3, 0.4) is 0 Å². The lowest BCUT2D eigenvalue weighted by molar-refractivity contribution is -0.127. The number of carbonyl (C=O) groups excluding carboxylic acids is 1. The fourth-order valence-corrected chi connectivity index (χ4v) is 3.31. The second-order valence-corrected chi connectivity index (χ2v) is 7.14. The zero-order valence-corrected chi connectivity index (χ0v) is 15.4. The summed E-state index contributed by atoms with van der Waals surface area (Å²) < 4.78 is 18.6. The summed E-state index contributed by atoms with van der Waals surface area (Å²) >= 11 is 0. The lowest BCUT2D eigenvalue weighted by Gasteiger charge is -2.33. The van der Waals surface area contributed by atoms with Crippen molar-refractivity contribution in [3.8, 4) is 0 Å². The van der Waals surface area contributed by atoms with E-state index in [9.17, 15) is 9.18 Å². The van der Waals surface area contributed by atoms with Crippen molar-refractivity contribution < 1.29 is 13.7 Å². The van der Waals surface area contributed by atoms with Gasteiger partial charge in [0.05, 0.1) is 6.54 Å². The molecule has 6 heteroatoms. The molecule has 1 N–H and O–H groups in total. The van der Waals surface area contributed by atoms with Crippen LogP contribution in [-0.2, 0) is 11.3 Å². The maximum atomic E-state index is 13.3. The highest BCUT2D eigenvalue weighted by Gasteiger charge is 2.28. The maximum Gasteiger partial charge on any atom is 0.242 e. The maximum absolute atomic E-state index is 13.3. The van der Waals surface area contributed by atoms with Crippen molar-refractivity contribution in [2.24, 2.45) is 0 Å². The van der Waals surface area contributed by atoms with Gasteiger partial charge in [-0.05, 0) is 43.6 Å². The van der Waals surface area contributed by atoms with Gasteiger partial charge < -0.3 is 9.84 Å². The van der Waals surface area contributed by atoms with Gasteiger partial charge in [-0.2, -0.15) is 0 Å². The molecule has 1 aliphatic heterocycles. The molecule has 2 heterocycles. The number of hydrogen-bond donors (Lipinski definition) is 1. The number of likely N-dealkylation sites (tertiary alicyclic amines) is 1. The van der Waals surface area contributed by atoms with Crippen LogP contribution in [0.5, 0.6) is 0 Å². The van der Waals surface area contributed by atoms with Crippen LogP contribution in [-0.4, -0.2) is 29.1 Å². The van der Waals surface area contributed by atoms with Crippen molar-refractivity contribution in [2.75, 3.05) is 13.1 Å². The lowest BCUT2D eigenvalue weighted by atomic mass is 10.0. The van der Waals surface area contributed by atoms with E-state index in [1.165, 1.54) is 18.6 Å². The van der Waals surface area contributed by atoms with Gasteiger partial charge in [-0.15, -0.1) is 0 Å². The van der Waals surface area contributed by atoms with Gasteiger partial charge in [-0.1, -0.05) is 37.6 Å². The number of hydrogen-bond acceptors (Lipinski definition) is 4. The van der Waals surface area contributed by atoms with Gasteiger partial charge in [0.1, 0.15) is 23.3 Å². The Labute approximate surface area is 153 Å². The van der Waals surface area contributed by atoms with E-state index in [4.69, 9.17) is 4.52 Å². The predicted molar refractivity (Wildman–Crippen MR) is 97.0 cm³/mol. The average molecular weight is 359 g/mol. The summed E-state index contributed by atoms with van der Waals surface area (Å²) in [5.41, 5.74) is 1.52. The van der Waals surface area contributed by atoms with E-state index in [-0.39, 0.29) is 17.6 Å². The zero-order chi connectivity index (χ0) is 18.5. The van der Waals surface area contributed by atoms with Crippen LogP contribution in [0.1, 0.15) is 62.1 Å². The van der Waals surface area contributed by atoms with Crippen LogP contribution < -0.4 is 5.32 Å². The summed E-state index contributed by atoms with van der Waals surface area (Å²) in [5.74, 6) is 0.676. The van der Waals surface area contributed by atoms with Crippen LogP contribution in [0.25, 0.3) is 0 Å². The number of piperidine rings is 1. The Morgan fingerprint density at radius 2 is 1.92 bits per heavy atom. The van der Waals surface area contributed by atoms with Gasteiger partial charge in [-0.25, -0.2) is 4.39 Å². The van der Waals surface area contributed by atoms with Crippen molar-refractivity contribution >= 4 is 5.91 Å². The molecule has 1 fully saturated rings. The molecule has 1 aromatic carbocycles. The largest absolute Gasteiger partial charge is 0.361 e. The first-order valence-electron chi connectivity index (χ1n) is 9.27. The fraction of sp³-hybridized carbons (Fsp3) is 0.500. The summed E-state index contributed by atoms with van der Waals surface area (Å²) in [4.78, 5) is 15.1. The Hall–Kier alpha value is -2.21. The van der Waals surface area contributed by atoms with Crippen molar-refractivity contribution in [1.29, 1.82) is 0 Å². The van der Waals surface area contributed by atoms with E-state index >= 15 is 0 Å². The first-order valence-corrected chi connectivity index (χ1v) is 9.27. The van der Waals surface area contributed by atoms with Gasteiger partial charge in [0.2, 0.25) is 5.91 Å². The number of nitrogens with zero attached hydrogens (tertiary/aromatic N) is 2. The second kappa shape index (κ2) is 8.45. The Morgan fingerprint density at radius 3 is 2.54 bits per heavy atom. The van der Waals surface area contributed by atoms with Crippen molar-refractivity contribution in [2.45, 2.75) is 51.6 Å². The van der Waals surface area contributed by atoms with Gasteiger partial charge in [0.25, 0.3) is 0 Å². The molecule has 26 heavy (non-hydrogen) atoms. The Bertz CT molecular complexity index is 721. The molecule has 2 aromatic rings. The van der Waals surface area contributed by atoms with Crippen LogP contribution in [0, 0.1) is 5.82 Å². The third kappa shape index (κ3) is 4.49. The molecular formula is C20H26FN3O2. The topological polar surface area (TPSA) is 58.4 Å². The predicted octanol–water partition coefficient (Wildman–Crippen LogP) is 3.78. The molecule has 0 aliphatic carbocycles. The van der Waals surface area contributed by atoms with Gasteiger partial charge in [0, 0.05) is 12.0 Å². The van der Waals surface area contributed by atoms with Crippen LogP contribution in [0.15, 0.2) is 34.9 Å². The molecule has 1 amide bonds. The fourth-order valence-electron chi connectivity index (χ4n) is 3.31. The molecule has 1 aromatic heterocycles. The number of nitrogens with one attached hydrogen (secondary N) is 1. The highest BCUT2D eigenvalue weighted by atomic mass is 19.1. The number of aromatic nitrogens is 1. The number of benzene rings is 1. The van der Waals surface area contributed by atoms with E-state index in [2.05, 4.69) is 15.4 Å². The standard InChI is InChI=1S/C20H26FN3O2/c1-14(2)18-12-17(23-26-18)13-22-20(25)19(24-10-4-3-5-11-24)15-6-8-16(21)9-7-15/h6-9,12,14,19H,3-5,10-11,13H2,1-2H3,(H,22,25)/t19-/m0/s1. The highest BCUT2D eigenvalue weighted by molar-refractivity contribution is 5.83. The summed E-state index contributed by atoms with van der Waals surface area (Å²) in [6.45, 7) is 6.13. The van der Waals surface area contributed by atoms with Gasteiger partial charge >= 0.3 is 0 Å². The minimum atomic E-state index is -0.410. The molecule has 1 saturated heterocycles. The van der Waals surface area contributed by atoms with E-state index in [0.29, 0.717) is 12.2 Å². The highest BCUT2D eigenvalue weighted by Crippen LogP contribution is 2.25. The van der Waals surface area contributed by atoms with Crippen LogP contribution >= 0.6 is 0 Å². The Kier molecular flexibility index (Phi) is 6.04. The molecule has 0 saturated carbocycles. The number of rotatable bonds is 6. The van der Waals surface area contributed by atoms with Gasteiger partial charge in [-0.3, -0.25) is 9.69 Å². The molecule has 1 atom stereocenters. The molecule has 0 radical (unpaired) electrons. The monoisotopic (exact) mass is 359 g/mol. The van der Waals surface area contributed by atoms with Gasteiger partial charge in [0.15, 0.2) is 0 Å². The lowest BCUT2D eigenvalue weighted by Crippen LogP contribution is -2.42. The average Bonchev–Trinajstić information content (AvgIpc) is 3.12. The summed E-state index contributed by atoms with van der Waals surface area (Å²) in [6.07, 6.45) is 3.34. The summed E-state index contributed by atoms with van der Waals surface area (Å²) in [6, 6.07) is 7.67. The number of carbonyl (C=O) groups is 1. The Morgan fingerprint density at radius 1 is 1.23 bits per heavy atom. The minimum absolute atomic E-state index is 0.0902. The molecule has 140 valence electrons. The SMILES string of the molecule is CC(C)c1cc(CNC(=O)[C@H](c2ccc(F)cc2)N2CCCCC2)no1. The second-order valence-electron chi connectivity index (χ2n) is 7.14. The van der Waals surface area contributed by atoms with Crippen molar-refractivity contribution in [1.82, 2.24) is 15.4 Å². The minimum Gasteiger partial charge on any atom is -0.361 e. The van der Waals surface area contributed by atoms with E-state index < -0.39 is 6.04 Å².